The van der Waals surface area contributed by atoms with Crippen molar-refractivity contribution < 1.29 is 13.2 Å². The van der Waals surface area contributed by atoms with Crippen LogP contribution in [-0.4, -0.2) is 15.7 Å². The van der Waals surface area contributed by atoms with Gasteiger partial charge in [-0.25, -0.2) is 4.98 Å². The van der Waals surface area contributed by atoms with E-state index >= 15 is 0 Å². The summed E-state index contributed by atoms with van der Waals surface area (Å²) in [5, 5.41) is 8.35. The highest BCUT2D eigenvalue weighted by Crippen LogP contribution is 2.27. The molecule has 0 aliphatic rings. The molecule has 0 spiro atoms. The maximum absolute atomic E-state index is 12.2. The molecule has 3 nitrogen and oxygen atoms in total. The van der Waals surface area contributed by atoms with Gasteiger partial charge < -0.3 is 4.57 Å². The van der Waals surface area contributed by atoms with Crippen LogP contribution in [0, 0.1) is 24.2 Å². The van der Waals surface area contributed by atoms with Gasteiger partial charge in [-0.1, -0.05) is 0 Å². The fourth-order valence-electron chi connectivity index (χ4n) is 1.01. The highest BCUT2D eigenvalue weighted by Gasteiger charge is 2.40. The van der Waals surface area contributed by atoms with Gasteiger partial charge in [-0.15, -0.1) is 0 Å². The maximum atomic E-state index is 12.2. The second-order valence-corrected chi connectivity index (χ2v) is 2.85. The zero-order chi connectivity index (χ0) is 10.8. The maximum Gasteiger partial charge on any atom is 0.406 e. The summed E-state index contributed by atoms with van der Waals surface area (Å²) in [6.07, 6.45) is -1.66. The van der Waals surface area contributed by atoms with Crippen molar-refractivity contribution in [2.45, 2.75) is 19.6 Å². The van der Waals surface area contributed by atoms with Crippen LogP contribution < -0.4 is 0 Å². The number of nitrogens with zero attached hydrogens (tertiary/aromatic N) is 3. The van der Waals surface area contributed by atoms with Crippen molar-refractivity contribution in [2.24, 2.45) is 5.92 Å². The Morgan fingerprint density at radius 2 is 2.29 bits per heavy atom. The van der Waals surface area contributed by atoms with Gasteiger partial charge in [-0.2, -0.15) is 18.4 Å². The molecule has 0 bridgehead atoms. The first-order valence-electron chi connectivity index (χ1n) is 3.89. The second kappa shape index (κ2) is 3.70. The van der Waals surface area contributed by atoms with Crippen molar-refractivity contribution in [3.63, 3.8) is 0 Å². The Labute approximate surface area is 78.8 Å². The van der Waals surface area contributed by atoms with Gasteiger partial charge in [-0.05, 0) is 6.92 Å². The molecule has 0 fully saturated rings. The van der Waals surface area contributed by atoms with Gasteiger partial charge in [0.1, 0.15) is 5.82 Å². The number of rotatable bonds is 2. The highest BCUT2D eigenvalue weighted by molar-refractivity contribution is 4.94. The predicted molar refractivity (Wildman–Crippen MR) is 42.1 cm³/mol. The van der Waals surface area contributed by atoms with Crippen LogP contribution in [0.5, 0.6) is 0 Å². The number of nitriles is 1. The minimum absolute atomic E-state index is 0.397. The number of hydrogen-bond donors (Lipinski definition) is 0. The van der Waals surface area contributed by atoms with Crippen molar-refractivity contribution in [1.82, 2.24) is 9.55 Å². The SMILES string of the molecule is Cc1nccn1CC(C#N)C(F)(F)F. The van der Waals surface area contributed by atoms with E-state index in [1.807, 2.05) is 0 Å². The first-order valence-corrected chi connectivity index (χ1v) is 3.89. The highest BCUT2D eigenvalue weighted by atomic mass is 19.4. The van der Waals surface area contributed by atoms with Crippen LogP contribution in [0.4, 0.5) is 13.2 Å². The van der Waals surface area contributed by atoms with Gasteiger partial charge in [0, 0.05) is 18.9 Å². The summed E-state index contributed by atoms with van der Waals surface area (Å²) < 4.78 is 37.9. The minimum Gasteiger partial charge on any atom is -0.333 e. The van der Waals surface area contributed by atoms with Crippen LogP contribution >= 0.6 is 0 Å². The Bertz CT molecular complexity index is 347. The third-order valence-electron chi connectivity index (χ3n) is 1.85. The van der Waals surface area contributed by atoms with E-state index in [0.717, 1.165) is 0 Å². The number of aryl methyl sites for hydroxylation is 1. The summed E-state index contributed by atoms with van der Waals surface area (Å²) in [7, 11) is 0. The van der Waals surface area contributed by atoms with E-state index in [1.54, 1.807) is 6.92 Å². The Morgan fingerprint density at radius 1 is 1.64 bits per heavy atom. The van der Waals surface area contributed by atoms with Gasteiger partial charge in [0.25, 0.3) is 0 Å². The van der Waals surface area contributed by atoms with Crippen LogP contribution in [-0.2, 0) is 6.54 Å². The second-order valence-electron chi connectivity index (χ2n) is 2.85. The van der Waals surface area contributed by atoms with Crippen molar-refractivity contribution >= 4 is 0 Å². The van der Waals surface area contributed by atoms with E-state index in [9.17, 15) is 13.2 Å². The van der Waals surface area contributed by atoms with Crippen LogP contribution in [0.25, 0.3) is 0 Å². The Hall–Kier alpha value is -1.51. The normalized spacial score (nSPS) is 13.6. The number of hydrogen-bond acceptors (Lipinski definition) is 2. The van der Waals surface area contributed by atoms with E-state index in [0.29, 0.717) is 5.82 Å². The molecule has 0 aliphatic heterocycles. The fourth-order valence-corrected chi connectivity index (χ4v) is 1.01. The Balaban J connectivity index is 2.78. The van der Waals surface area contributed by atoms with Crippen LogP contribution in [0.2, 0.25) is 0 Å². The van der Waals surface area contributed by atoms with E-state index in [4.69, 9.17) is 5.26 Å². The predicted octanol–water partition coefficient (Wildman–Crippen LogP) is 1.89. The zero-order valence-electron chi connectivity index (χ0n) is 7.41. The third kappa shape index (κ3) is 2.25. The van der Waals surface area contributed by atoms with E-state index in [2.05, 4.69) is 4.98 Å². The monoisotopic (exact) mass is 203 g/mol. The fraction of sp³-hybridized carbons (Fsp3) is 0.500. The van der Waals surface area contributed by atoms with Gasteiger partial charge in [-0.3, -0.25) is 0 Å². The first kappa shape index (κ1) is 10.6. The molecule has 0 N–H and O–H groups in total. The van der Waals surface area contributed by atoms with E-state index in [-0.39, 0.29) is 0 Å². The Morgan fingerprint density at radius 3 is 2.64 bits per heavy atom. The van der Waals surface area contributed by atoms with Crippen molar-refractivity contribution in [1.29, 1.82) is 5.26 Å². The number of imidazole rings is 1. The standard InChI is InChI=1S/C8H8F3N3/c1-6-13-2-3-14(6)5-7(4-12)8(9,10)11/h2-3,7H,5H2,1H3. The zero-order valence-corrected chi connectivity index (χ0v) is 7.41. The van der Waals surface area contributed by atoms with Crippen molar-refractivity contribution in [2.75, 3.05) is 0 Å². The molecule has 76 valence electrons. The smallest absolute Gasteiger partial charge is 0.333 e. The topological polar surface area (TPSA) is 41.6 Å². The summed E-state index contributed by atoms with van der Waals surface area (Å²) in [4.78, 5) is 3.77. The molecule has 1 unspecified atom stereocenters. The van der Waals surface area contributed by atoms with Crippen molar-refractivity contribution in [3.8, 4) is 6.07 Å². The lowest BCUT2D eigenvalue weighted by atomic mass is 10.1. The molecular formula is C8H8F3N3. The molecule has 0 aliphatic carbocycles. The van der Waals surface area contributed by atoms with Gasteiger partial charge in [0.15, 0.2) is 5.92 Å². The molecule has 0 radical (unpaired) electrons. The molecular weight excluding hydrogens is 195 g/mol. The van der Waals surface area contributed by atoms with Crippen LogP contribution in [0.3, 0.4) is 0 Å². The molecule has 1 aromatic rings. The summed E-state index contributed by atoms with van der Waals surface area (Å²) in [6.45, 7) is 1.19. The lowest BCUT2D eigenvalue weighted by Gasteiger charge is -2.14. The van der Waals surface area contributed by atoms with Crippen LogP contribution in [0.15, 0.2) is 12.4 Å². The largest absolute Gasteiger partial charge is 0.406 e. The molecule has 0 saturated carbocycles. The summed E-state index contributed by atoms with van der Waals surface area (Å²) in [5.74, 6) is -1.51. The molecule has 14 heavy (non-hydrogen) atoms. The lowest BCUT2D eigenvalue weighted by Crippen LogP contribution is -2.26. The van der Waals surface area contributed by atoms with Crippen LogP contribution in [0.1, 0.15) is 5.82 Å². The summed E-state index contributed by atoms with van der Waals surface area (Å²) >= 11 is 0. The average Bonchev–Trinajstić information content (AvgIpc) is 2.45. The van der Waals surface area contributed by atoms with E-state index in [1.165, 1.54) is 23.0 Å². The van der Waals surface area contributed by atoms with Crippen molar-refractivity contribution in [3.05, 3.63) is 18.2 Å². The average molecular weight is 203 g/mol. The first-order chi connectivity index (χ1) is 6.45. The molecule has 1 aromatic heterocycles. The molecule has 6 heteroatoms. The summed E-state index contributed by atoms with van der Waals surface area (Å²) in [5.41, 5.74) is 0. The number of aromatic nitrogens is 2. The molecule has 1 heterocycles. The molecule has 0 aromatic carbocycles. The molecule has 1 rings (SSSR count). The Kier molecular flexibility index (Phi) is 2.79. The van der Waals surface area contributed by atoms with Gasteiger partial charge in [0.2, 0.25) is 0 Å². The van der Waals surface area contributed by atoms with Gasteiger partial charge in [0.05, 0.1) is 6.07 Å². The molecule has 1 atom stereocenters. The summed E-state index contributed by atoms with van der Waals surface area (Å²) in [6, 6.07) is 1.23. The molecule has 0 amide bonds. The lowest BCUT2D eigenvalue weighted by molar-refractivity contribution is -0.162. The third-order valence-corrected chi connectivity index (χ3v) is 1.85. The molecule has 0 saturated heterocycles. The van der Waals surface area contributed by atoms with Gasteiger partial charge >= 0.3 is 6.18 Å². The van der Waals surface area contributed by atoms with E-state index < -0.39 is 18.6 Å². The minimum atomic E-state index is -4.48. The number of halogens is 3. The quantitative estimate of drug-likeness (QED) is 0.736. The number of alkyl halides is 3.